The van der Waals surface area contributed by atoms with E-state index in [0.717, 1.165) is 5.56 Å². The van der Waals surface area contributed by atoms with Gasteiger partial charge in [0.25, 0.3) is 5.91 Å². The van der Waals surface area contributed by atoms with Crippen molar-refractivity contribution < 1.29 is 9.18 Å². The number of amides is 1. The lowest BCUT2D eigenvalue weighted by Crippen LogP contribution is -2.13. The highest BCUT2D eigenvalue weighted by atomic mass is 79.9. The Labute approximate surface area is 123 Å². The quantitative estimate of drug-likeness (QED) is 0.834. The van der Waals surface area contributed by atoms with Crippen molar-refractivity contribution in [2.24, 2.45) is 0 Å². The maximum atomic E-state index is 13.6. The van der Waals surface area contributed by atoms with Gasteiger partial charge < -0.3 is 5.32 Å². The number of carbonyl (C=O) groups excluding carboxylic acids is 1. The SMILES string of the molecule is Cc1ccc(NC(=O)c2ccc(Cl)c(Br)c2)c(F)c1. The van der Waals surface area contributed by atoms with E-state index in [0.29, 0.717) is 15.1 Å². The predicted molar refractivity (Wildman–Crippen MR) is 78.2 cm³/mol. The number of nitrogens with one attached hydrogen (secondary N) is 1. The molecule has 0 radical (unpaired) electrons. The van der Waals surface area contributed by atoms with E-state index in [9.17, 15) is 9.18 Å². The van der Waals surface area contributed by atoms with Crippen LogP contribution in [0.4, 0.5) is 10.1 Å². The fourth-order valence-corrected chi connectivity index (χ4v) is 2.05. The fraction of sp³-hybridized carbons (Fsp3) is 0.0714. The van der Waals surface area contributed by atoms with Crippen LogP contribution in [0.1, 0.15) is 15.9 Å². The third-order valence-electron chi connectivity index (χ3n) is 2.55. The minimum absolute atomic E-state index is 0.154. The number of benzene rings is 2. The molecule has 0 unspecified atom stereocenters. The zero-order valence-electron chi connectivity index (χ0n) is 10.0. The molecule has 0 bridgehead atoms. The Morgan fingerprint density at radius 2 is 2.00 bits per heavy atom. The molecule has 2 nitrogen and oxygen atoms in total. The second-order valence-electron chi connectivity index (χ2n) is 4.07. The van der Waals surface area contributed by atoms with Crippen molar-refractivity contribution in [2.45, 2.75) is 6.92 Å². The first-order valence-electron chi connectivity index (χ1n) is 5.50. The molecule has 0 saturated carbocycles. The average molecular weight is 343 g/mol. The topological polar surface area (TPSA) is 29.1 Å². The van der Waals surface area contributed by atoms with Crippen LogP contribution in [0, 0.1) is 12.7 Å². The van der Waals surface area contributed by atoms with Gasteiger partial charge in [0.15, 0.2) is 0 Å². The molecule has 0 heterocycles. The van der Waals surface area contributed by atoms with E-state index >= 15 is 0 Å². The van der Waals surface area contributed by atoms with Crippen LogP contribution in [0.15, 0.2) is 40.9 Å². The first-order valence-corrected chi connectivity index (χ1v) is 6.67. The number of anilines is 1. The molecular formula is C14H10BrClFNO. The molecule has 0 fully saturated rings. The summed E-state index contributed by atoms with van der Waals surface area (Å²) < 4.78 is 14.2. The molecule has 2 aromatic carbocycles. The zero-order chi connectivity index (χ0) is 14.0. The second-order valence-corrected chi connectivity index (χ2v) is 5.33. The number of rotatable bonds is 2. The molecule has 1 amide bonds. The van der Waals surface area contributed by atoms with E-state index in [2.05, 4.69) is 21.2 Å². The van der Waals surface area contributed by atoms with Gasteiger partial charge >= 0.3 is 0 Å². The summed E-state index contributed by atoms with van der Waals surface area (Å²) in [6.45, 7) is 1.78. The van der Waals surface area contributed by atoms with Crippen molar-refractivity contribution >= 4 is 39.1 Å². The summed E-state index contributed by atoms with van der Waals surface area (Å²) in [5, 5.41) is 3.03. The monoisotopic (exact) mass is 341 g/mol. The molecular weight excluding hydrogens is 333 g/mol. The van der Waals surface area contributed by atoms with Crippen LogP contribution in [0.3, 0.4) is 0 Å². The Morgan fingerprint density at radius 3 is 2.63 bits per heavy atom. The predicted octanol–water partition coefficient (Wildman–Crippen LogP) is 4.80. The lowest BCUT2D eigenvalue weighted by molar-refractivity contribution is 0.102. The molecule has 5 heteroatoms. The molecule has 2 aromatic rings. The number of hydrogen-bond donors (Lipinski definition) is 1. The van der Waals surface area contributed by atoms with Crippen molar-refractivity contribution in [1.29, 1.82) is 0 Å². The van der Waals surface area contributed by atoms with Gasteiger partial charge in [0.1, 0.15) is 5.82 Å². The molecule has 19 heavy (non-hydrogen) atoms. The highest BCUT2D eigenvalue weighted by Gasteiger charge is 2.10. The van der Waals surface area contributed by atoms with E-state index in [-0.39, 0.29) is 11.6 Å². The standard InChI is InChI=1S/C14H10BrClFNO/c1-8-2-5-13(12(17)6-8)18-14(19)9-3-4-11(16)10(15)7-9/h2-7H,1H3,(H,18,19). The Bertz CT molecular complexity index is 645. The number of hydrogen-bond acceptors (Lipinski definition) is 1. The van der Waals surface area contributed by atoms with Crippen molar-refractivity contribution in [3.63, 3.8) is 0 Å². The van der Waals surface area contributed by atoms with Crippen LogP contribution in [0.2, 0.25) is 5.02 Å². The van der Waals surface area contributed by atoms with Crippen LogP contribution in [-0.2, 0) is 0 Å². The van der Waals surface area contributed by atoms with Crippen LogP contribution >= 0.6 is 27.5 Å². The summed E-state index contributed by atoms with van der Waals surface area (Å²) in [5.41, 5.74) is 1.35. The summed E-state index contributed by atoms with van der Waals surface area (Å²) in [4.78, 5) is 12.0. The summed E-state index contributed by atoms with van der Waals surface area (Å²) in [6, 6.07) is 9.40. The van der Waals surface area contributed by atoms with Crippen molar-refractivity contribution in [2.75, 3.05) is 5.32 Å². The molecule has 0 spiro atoms. The Balaban J connectivity index is 2.23. The van der Waals surface area contributed by atoms with Gasteiger partial charge in [-0.05, 0) is 58.7 Å². The molecule has 0 aromatic heterocycles. The first kappa shape index (κ1) is 14.0. The first-order chi connectivity index (χ1) is 8.97. The van der Waals surface area contributed by atoms with Crippen LogP contribution in [0.5, 0.6) is 0 Å². The molecule has 0 aliphatic rings. The fourth-order valence-electron chi connectivity index (χ4n) is 1.55. The number of halogens is 3. The van der Waals surface area contributed by atoms with Crippen LogP contribution < -0.4 is 5.32 Å². The summed E-state index contributed by atoms with van der Waals surface area (Å²) in [7, 11) is 0. The molecule has 1 N–H and O–H groups in total. The van der Waals surface area contributed by atoms with E-state index in [1.807, 2.05) is 0 Å². The maximum absolute atomic E-state index is 13.6. The third-order valence-corrected chi connectivity index (χ3v) is 3.77. The van der Waals surface area contributed by atoms with Gasteiger partial charge in [-0.2, -0.15) is 0 Å². The molecule has 0 aliphatic carbocycles. The highest BCUT2D eigenvalue weighted by molar-refractivity contribution is 9.10. The second kappa shape index (κ2) is 5.72. The van der Waals surface area contributed by atoms with E-state index in [1.54, 1.807) is 31.2 Å². The Hall–Kier alpha value is -1.39. The number of carbonyl (C=O) groups is 1. The van der Waals surface area contributed by atoms with Gasteiger partial charge in [-0.1, -0.05) is 17.7 Å². The Kier molecular flexibility index (Phi) is 4.22. The van der Waals surface area contributed by atoms with E-state index in [4.69, 9.17) is 11.6 Å². The molecule has 0 saturated heterocycles. The average Bonchev–Trinajstić information content (AvgIpc) is 2.36. The van der Waals surface area contributed by atoms with Crippen molar-refractivity contribution in [3.8, 4) is 0 Å². The van der Waals surface area contributed by atoms with Gasteiger partial charge in [-0.15, -0.1) is 0 Å². The summed E-state index contributed by atoms with van der Waals surface area (Å²) >= 11 is 9.09. The molecule has 0 aliphatic heterocycles. The van der Waals surface area contributed by atoms with E-state index in [1.165, 1.54) is 12.1 Å². The summed E-state index contributed by atoms with van der Waals surface area (Å²) in [5.74, 6) is -0.846. The van der Waals surface area contributed by atoms with Gasteiger partial charge in [0.2, 0.25) is 0 Å². The van der Waals surface area contributed by atoms with Gasteiger partial charge in [-0.25, -0.2) is 4.39 Å². The smallest absolute Gasteiger partial charge is 0.255 e. The van der Waals surface area contributed by atoms with Crippen molar-refractivity contribution in [3.05, 3.63) is 62.8 Å². The lowest BCUT2D eigenvalue weighted by atomic mass is 10.2. The Morgan fingerprint density at radius 1 is 1.26 bits per heavy atom. The van der Waals surface area contributed by atoms with Gasteiger partial charge in [-0.3, -0.25) is 4.79 Å². The lowest BCUT2D eigenvalue weighted by Gasteiger charge is -2.07. The minimum Gasteiger partial charge on any atom is -0.319 e. The van der Waals surface area contributed by atoms with Crippen LogP contribution in [0.25, 0.3) is 0 Å². The molecule has 98 valence electrons. The largest absolute Gasteiger partial charge is 0.319 e. The molecule has 0 atom stereocenters. The maximum Gasteiger partial charge on any atom is 0.255 e. The summed E-state index contributed by atoms with van der Waals surface area (Å²) in [6.07, 6.45) is 0. The third kappa shape index (κ3) is 3.33. The van der Waals surface area contributed by atoms with Crippen molar-refractivity contribution in [1.82, 2.24) is 0 Å². The van der Waals surface area contributed by atoms with Gasteiger partial charge in [0, 0.05) is 10.0 Å². The number of aryl methyl sites for hydroxylation is 1. The zero-order valence-corrected chi connectivity index (χ0v) is 12.3. The minimum atomic E-state index is -0.457. The van der Waals surface area contributed by atoms with Crippen LogP contribution in [-0.4, -0.2) is 5.91 Å². The molecule has 2 rings (SSSR count). The normalized spacial score (nSPS) is 10.3. The highest BCUT2D eigenvalue weighted by Crippen LogP contribution is 2.24. The van der Waals surface area contributed by atoms with E-state index < -0.39 is 5.82 Å². The van der Waals surface area contributed by atoms with Gasteiger partial charge in [0.05, 0.1) is 10.7 Å².